The van der Waals surface area contributed by atoms with Gasteiger partial charge in [0.2, 0.25) is 0 Å². The van der Waals surface area contributed by atoms with Gasteiger partial charge in [-0.1, -0.05) is 25.5 Å². The summed E-state index contributed by atoms with van der Waals surface area (Å²) in [4.78, 5) is 0. The minimum absolute atomic E-state index is 0.0873. The van der Waals surface area contributed by atoms with Crippen molar-refractivity contribution in [3.63, 3.8) is 0 Å². The molecule has 0 aliphatic heterocycles. The SMILES string of the molecule is CC[C@]12CC[C@@H](O)CC1=CC[C@@H]1[C@@H]2CC[C@]2(C)[C@@H](OC)CC[C@@H]12. The molecule has 2 nitrogen and oxygen atoms in total. The zero-order valence-corrected chi connectivity index (χ0v) is 15.2. The monoisotopic (exact) mass is 318 g/mol. The van der Waals surface area contributed by atoms with E-state index in [-0.39, 0.29) is 6.10 Å². The summed E-state index contributed by atoms with van der Waals surface area (Å²) in [6.45, 7) is 4.91. The Labute approximate surface area is 141 Å². The van der Waals surface area contributed by atoms with Crippen LogP contribution in [0.15, 0.2) is 11.6 Å². The highest BCUT2D eigenvalue weighted by molar-refractivity contribution is 5.26. The van der Waals surface area contributed by atoms with Crippen LogP contribution in [0.3, 0.4) is 0 Å². The summed E-state index contributed by atoms with van der Waals surface area (Å²) in [5.41, 5.74) is 2.43. The molecule has 3 fully saturated rings. The molecule has 0 aromatic carbocycles. The van der Waals surface area contributed by atoms with E-state index in [1.54, 1.807) is 5.57 Å². The van der Waals surface area contributed by atoms with Gasteiger partial charge in [-0.2, -0.15) is 0 Å². The summed E-state index contributed by atoms with van der Waals surface area (Å²) in [5, 5.41) is 10.2. The Morgan fingerprint density at radius 3 is 2.74 bits per heavy atom. The predicted octanol–water partition coefficient (Wildman–Crippen LogP) is 4.72. The molecule has 2 heteroatoms. The van der Waals surface area contributed by atoms with E-state index in [1.807, 2.05) is 7.11 Å². The normalized spacial score (nSPS) is 52.3. The van der Waals surface area contributed by atoms with E-state index in [2.05, 4.69) is 19.9 Å². The zero-order valence-electron chi connectivity index (χ0n) is 15.2. The van der Waals surface area contributed by atoms with Crippen molar-refractivity contribution in [2.75, 3.05) is 7.11 Å². The number of ether oxygens (including phenoxy) is 1. The molecule has 0 radical (unpaired) electrons. The van der Waals surface area contributed by atoms with Gasteiger partial charge in [0.15, 0.2) is 0 Å². The van der Waals surface area contributed by atoms with Crippen LogP contribution in [0.2, 0.25) is 0 Å². The summed E-state index contributed by atoms with van der Waals surface area (Å²) in [6.07, 6.45) is 14.0. The standard InChI is InChI=1S/C21H34O2/c1-4-21-12-9-15(22)13-14(21)5-6-16-17-7-8-19(23-3)20(17,2)11-10-18(16)21/h5,15-19,22H,4,6-13H2,1-3H3/t15-,16+,17+,18+,19+,20+,21+/m1/s1. The first-order valence-corrected chi connectivity index (χ1v) is 9.95. The van der Waals surface area contributed by atoms with Gasteiger partial charge in [-0.05, 0) is 86.4 Å². The smallest absolute Gasteiger partial charge is 0.0627 e. The second-order valence-electron chi connectivity index (χ2n) is 9.09. The van der Waals surface area contributed by atoms with Crippen LogP contribution in [-0.2, 0) is 4.74 Å². The van der Waals surface area contributed by atoms with Gasteiger partial charge in [0, 0.05) is 7.11 Å². The molecule has 1 N–H and O–H groups in total. The van der Waals surface area contributed by atoms with Gasteiger partial charge >= 0.3 is 0 Å². The van der Waals surface area contributed by atoms with Gasteiger partial charge < -0.3 is 9.84 Å². The molecule has 4 rings (SSSR count). The Balaban J connectivity index is 1.68. The van der Waals surface area contributed by atoms with Crippen LogP contribution in [0.4, 0.5) is 0 Å². The lowest BCUT2D eigenvalue weighted by molar-refractivity contribution is -0.0867. The van der Waals surface area contributed by atoms with Gasteiger partial charge in [0.25, 0.3) is 0 Å². The van der Waals surface area contributed by atoms with Crippen LogP contribution in [0, 0.1) is 28.6 Å². The number of hydrogen-bond donors (Lipinski definition) is 1. The van der Waals surface area contributed by atoms with Crippen LogP contribution in [0.1, 0.15) is 71.6 Å². The van der Waals surface area contributed by atoms with Gasteiger partial charge in [0.1, 0.15) is 0 Å². The van der Waals surface area contributed by atoms with E-state index >= 15 is 0 Å². The lowest BCUT2D eigenvalue weighted by Gasteiger charge is -2.58. The molecule has 0 bridgehead atoms. The Bertz CT molecular complexity index is 498. The van der Waals surface area contributed by atoms with E-state index in [0.29, 0.717) is 16.9 Å². The first-order valence-electron chi connectivity index (χ1n) is 9.95. The molecular formula is C21H34O2. The summed E-state index contributed by atoms with van der Waals surface area (Å²) in [5.74, 6) is 2.56. The van der Waals surface area contributed by atoms with Crippen molar-refractivity contribution >= 4 is 0 Å². The summed E-state index contributed by atoms with van der Waals surface area (Å²) in [6, 6.07) is 0. The zero-order chi connectivity index (χ0) is 16.2. The fourth-order valence-electron chi connectivity index (χ4n) is 7.44. The molecule has 0 amide bonds. The first kappa shape index (κ1) is 16.1. The highest BCUT2D eigenvalue weighted by Gasteiger charge is 2.59. The molecule has 3 saturated carbocycles. The van der Waals surface area contributed by atoms with Crippen molar-refractivity contribution in [3.05, 3.63) is 11.6 Å². The maximum Gasteiger partial charge on any atom is 0.0627 e. The van der Waals surface area contributed by atoms with Gasteiger partial charge in [-0.3, -0.25) is 0 Å². The topological polar surface area (TPSA) is 29.5 Å². The van der Waals surface area contributed by atoms with Crippen molar-refractivity contribution in [2.24, 2.45) is 28.6 Å². The average Bonchev–Trinajstić information content (AvgIpc) is 2.90. The Kier molecular flexibility index (Phi) is 3.93. The molecule has 130 valence electrons. The van der Waals surface area contributed by atoms with Crippen LogP contribution >= 0.6 is 0 Å². The van der Waals surface area contributed by atoms with Crippen molar-refractivity contribution in [1.82, 2.24) is 0 Å². The third-order valence-corrected chi connectivity index (χ3v) is 8.63. The number of fused-ring (bicyclic) bond motifs is 5. The average molecular weight is 319 g/mol. The van der Waals surface area contributed by atoms with E-state index in [4.69, 9.17) is 4.74 Å². The fraction of sp³-hybridized carbons (Fsp3) is 0.905. The summed E-state index contributed by atoms with van der Waals surface area (Å²) in [7, 11) is 1.92. The second kappa shape index (κ2) is 5.59. The maximum atomic E-state index is 10.2. The molecule has 4 aliphatic carbocycles. The maximum absolute atomic E-state index is 10.2. The molecule has 0 heterocycles. The molecule has 0 spiro atoms. The molecule has 23 heavy (non-hydrogen) atoms. The quantitative estimate of drug-likeness (QED) is 0.747. The predicted molar refractivity (Wildman–Crippen MR) is 93.1 cm³/mol. The Morgan fingerprint density at radius 2 is 2.00 bits per heavy atom. The molecule has 0 saturated heterocycles. The van der Waals surface area contributed by atoms with Crippen LogP contribution < -0.4 is 0 Å². The van der Waals surface area contributed by atoms with Crippen LogP contribution in [0.5, 0.6) is 0 Å². The molecular weight excluding hydrogens is 284 g/mol. The van der Waals surface area contributed by atoms with Crippen LogP contribution in [0.25, 0.3) is 0 Å². The largest absolute Gasteiger partial charge is 0.393 e. The van der Waals surface area contributed by atoms with Crippen molar-refractivity contribution < 1.29 is 9.84 Å². The minimum atomic E-state index is -0.0873. The van der Waals surface area contributed by atoms with Crippen molar-refractivity contribution in [2.45, 2.75) is 83.8 Å². The van der Waals surface area contributed by atoms with E-state index < -0.39 is 0 Å². The highest BCUT2D eigenvalue weighted by atomic mass is 16.5. The van der Waals surface area contributed by atoms with Gasteiger partial charge in [-0.15, -0.1) is 0 Å². The molecule has 7 atom stereocenters. The Hall–Kier alpha value is -0.340. The number of aliphatic hydroxyl groups is 1. The first-order chi connectivity index (χ1) is 11.0. The summed E-state index contributed by atoms with van der Waals surface area (Å²) < 4.78 is 5.89. The van der Waals surface area contributed by atoms with E-state index in [1.165, 1.54) is 44.9 Å². The summed E-state index contributed by atoms with van der Waals surface area (Å²) >= 11 is 0. The van der Waals surface area contributed by atoms with Crippen molar-refractivity contribution in [1.29, 1.82) is 0 Å². The number of rotatable bonds is 2. The van der Waals surface area contributed by atoms with E-state index in [9.17, 15) is 5.11 Å². The number of aliphatic hydroxyl groups excluding tert-OH is 1. The number of hydrogen-bond acceptors (Lipinski definition) is 2. The van der Waals surface area contributed by atoms with E-state index in [0.717, 1.165) is 30.6 Å². The molecule has 4 aliphatic rings. The number of allylic oxidation sites excluding steroid dienone is 1. The lowest BCUT2D eigenvalue weighted by atomic mass is 9.47. The fourth-order valence-corrected chi connectivity index (χ4v) is 7.44. The van der Waals surface area contributed by atoms with Gasteiger partial charge in [0.05, 0.1) is 12.2 Å². The molecule has 0 aromatic rings. The van der Waals surface area contributed by atoms with Crippen LogP contribution in [-0.4, -0.2) is 24.4 Å². The second-order valence-corrected chi connectivity index (χ2v) is 9.09. The molecule has 0 unspecified atom stereocenters. The highest BCUT2D eigenvalue weighted by Crippen LogP contribution is 2.66. The lowest BCUT2D eigenvalue weighted by Crippen LogP contribution is -2.52. The number of methoxy groups -OCH3 is 1. The third kappa shape index (κ3) is 2.13. The van der Waals surface area contributed by atoms with Crippen molar-refractivity contribution in [3.8, 4) is 0 Å². The Morgan fingerprint density at radius 1 is 1.17 bits per heavy atom. The van der Waals surface area contributed by atoms with Gasteiger partial charge in [-0.25, -0.2) is 0 Å². The molecule has 0 aromatic heterocycles. The third-order valence-electron chi connectivity index (χ3n) is 8.63. The minimum Gasteiger partial charge on any atom is -0.393 e.